The van der Waals surface area contributed by atoms with Crippen LogP contribution in [0.2, 0.25) is 0 Å². The third-order valence-electron chi connectivity index (χ3n) is 4.44. The lowest BCUT2D eigenvalue weighted by molar-refractivity contribution is -0.133. The van der Waals surface area contributed by atoms with Crippen LogP contribution in [-0.2, 0) is 9.53 Å². The van der Waals surface area contributed by atoms with Crippen molar-refractivity contribution in [1.82, 2.24) is 0 Å². The number of Topliss-reactive ketones (excluding diaryl/α,β-unsaturated/α-hetero) is 1. The number of carbonyl (C=O) groups excluding carboxylic acids is 1. The van der Waals surface area contributed by atoms with Crippen molar-refractivity contribution in [2.45, 2.75) is 71.1 Å². The van der Waals surface area contributed by atoms with Gasteiger partial charge in [-0.15, -0.1) is 0 Å². The van der Waals surface area contributed by atoms with E-state index in [1.165, 1.54) is 38.5 Å². The molecule has 0 radical (unpaired) electrons. The van der Waals surface area contributed by atoms with Gasteiger partial charge < -0.3 is 10.5 Å². The van der Waals surface area contributed by atoms with Crippen molar-refractivity contribution in [3.63, 3.8) is 0 Å². The highest BCUT2D eigenvalue weighted by atomic mass is 16.5. The van der Waals surface area contributed by atoms with Gasteiger partial charge in [0.2, 0.25) is 0 Å². The normalized spacial score (nSPS) is 18.4. The molecule has 0 spiro atoms. The minimum atomic E-state index is -0.263. The monoisotopic (exact) mass is 269 g/mol. The van der Waals surface area contributed by atoms with Gasteiger partial charge in [-0.25, -0.2) is 0 Å². The Bertz CT molecular complexity index is 247. The second kappa shape index (κ2) is 9.49. The molecule has 0 bridgehead atoms. The summed E-state index contributed by atoms with van der Waals surface area (Å²) in [5.41, 5.74) is 5.58. The summed E-state index contributed by atoms with van der Waals surface area (Å²) in [6, 6.07) is 0. The fourth-order valence-electron chi connectivity index (χ4n) is 2.87. The quantitative estimate of drug-likeness (QED) is 0.618. The maximum Gasteiger partial charge on any atom is 0.140 e. The molecule has 0 aromatic carbocycles. The van der Waals surface area contributed by atoms with E-state index < -0.39 is 0 Å². The average molecular weight is 269 g/mol. The highest BCUT2D eigenvalue weighted by Gasteiger charge is 2.37. The van der Waals surface area contributed by atoms with E-state index >= 15 is 0 Å². The van der Waals surface area contributed by atoms with Crippen molar-refractivity contribution in [3.05, 3.63) is 0 Å². The van der Waals surface area contributed by atoms with Gasteiger partial charge >= 0.3 is 0 Å². The van der Waals surface area contributed by atoms with Crippen molar-refractivity contribution in [2.24, 2.45) is 11.1 Å². The average Bonchev–Trinajstić information content (AvgIpc) is 2.46. The first-order chi connectivity index (χ1) is 9.25. The van der Waals surface area contributed by atoms with Crippen LogP contribution in [0.4, 0.5) is 0 Å². The van der Waals surface area contributed by atoms with Crippen molar-refractivity contribution < 1.29 is 9.53 Å². The summed E-state index contributed by atoms with van der Waals surface area (Å²) >= 11 is 0. The molecule has 1 saturated heterocycles. The third-order valence-corrected chi connectivity index (χ3v) is 4.44. The lowest BCUT2D eigenvalue weighted by atomic mass is 9.75. The Labute approximate surface area is 118 Å². The van der Waals surface area contributed by atoms with Gasteiger partial charge in [-0.05, 0) is 19.3 Å². The van der Waals surface area contributed by atoms with Gasteiger partial charge in [-0.2, -0.15) is 0 Å². The first-order valence-electron chi connectivity index (χ1n) is 8.06. The van der Waals surface area contributed by atoms with E-state index in [0.717, 1.165) is 19.3 Å². The largest absolute Gasteiger partial charge is 0.381 e. The van der Waals surface area contributed by atoms with Crippen LogP contribution in [0.5, 0.6) is 0 Å². The van der Waals surface area contributed by atoms with Crippen molar-refractivity contribution >= 4 is 5.78 Å². The van der Waals surface area contributed by atoms with Crippen LogP contribution in [-0.4, -0.2) is 25.5 Å². The van der Waals surface area contributed by atoms with Gasteiger partial charge in [0.25, 0.3) is 0 Å². The van der Waals surface area contributed by atoms with E-state index in [9.17, 15) is 4.79 Å². The Morgan fingerprint density at radius 1 is 1.05 bits per heavy atom. The number of unbranched alkanes of at least 4 members (excludes halogenated alkanes) is 6. The van der Waals surface area contributed by atoms with Gasteiger partial charge in [0.05, 0.1) is 0 Å². The second-order valence-corrected chi connectivity index (χ2v) is 5.89. The summed E-state index contributed by atoms with van der Waals surface area (Å²) in [5.74, 6) is 0.381. The van der Waals surface area contributed by atoms with Crippen LogP contribution in [0, 0.1) is 5.41 Å². The first-order valence-corrected chi connectivity index (χ1v) is 8.06. The predicted octanol–water partition coefficient (Wildman–Crippen LogP) is 3.45. The van der Waals surface area contributed by atoms with Crippen LogP contribution in [0.3, 0.4) is 0 Å². The molecule has 0 amide bonds. The van der Waals surface area contributed by atoms with E-state index in [1.807, 2.05) is 0 Å². The molecule has 1 rings (SSSR count). The molecule has 19 heavy (non-hydrogen) atoms. The van der Waals surface area contributed by atoms with E-state index in [0.29, 0.717) is 32.0 Å². The number of hydrogen-bond acceptors (Lipinski definition) is 3. The van der Waals surface area contributed by atoms with Crippen molar-refractivity contribution in [2.75, 3.05) is 19.8 Å². The Balaban J connectivity index is 2.15. The maximum atomic E-state index is 12.4. The summed E-state index contributed by atoms with van der Waals surface area (Å²) in [4.78, 5) is 12.4. The SMILES string of the molecule is CCCCCCCCCC(=O)C1(CN)CCOCC1. The smallest absolute Gasteiger partial charge is 0.140 e. The molecule has 1 fully saturated rings. The molecule has 0 aromatic rings. The molecule has 0 aliphatic carbocycles. The molecule has 1 aliphatic heterocycles. The number of rotatable bonds is 10. The summed E-state index contributed by atoms with van der Waals surface area (Å²) < 4.78 is 5.35. The van der Waals surface area contributed by atoms with Crippen LogP contribution in [0.1, 0.15) is 71.1 Å². The molecule has 2 N–H and O–H groups in total. The van der Waals surface area contributed by atoms with E-state index in [1.54, 1.807) is 0 Å². The molecule has 3 heteroatoms. The van der Waals surface area contributed by atoms with Crippen LogP contribution < -0.4 is 5.73 Å². The molecule has 112 valence electrons. The summed E-state index contributed by atoms with van der Waals surface area (Å²) in [6.45, 7) is 4.12. The minimum Gasteiger partial charge on any atom is -0.381 e. The molecule has 1 aliphatic rings. The summed E-state index contributed by atoms with van der Waals surface area (Å²) in [5, 5.41) is 0. The highest BCUT2D eigenvalue weighted by molar-refractivity contribution is 5.85. The van der Waals surface area contributed by atoms with Gasteiger partial charge in [-0.3, -0.25) is 4.79 Å². The number of carbonyl (C=O) groups is 1. The zero-order valence-electron chi connectivity index (χ0n) is 12.6. The fourth-order valence-corrected chi connectivity index (χ4v) is 2.87. The molecule has 1 heterocycles. The molecule has 0 aromatic heterocycles. The highest BCUT2D eigenvalue weighted by Crippen LogP contribution is 2.32. The van der Waals surface area contributed by atoms with Gasteiger partial charge in [-0.1, -0.05) is 45.4 Å². The standard InChI is InChI=1S/C16H31NO2/c1-2-3-4-5-6-7-8-9-15(18)16(14-17)10-12-19-13-11-16/h2-14,17H2,1H3. The van der Waals surface area contributed by atoms with Gasteiger partial charge in [0.15, 0.2) is 0 Å². The minimum absolute atomic E-state index is 0.263. The molecule has 0 unspecified atom stereocenters. The predicted molar refractivity (Wildman–Crippen MR) is 79.2 cm³/mol. The van der Waals surface area contributed by atoms with Crippen LogP contribution in [0.15, 0.2) is 0 Å². The fraction of sp³-hybridized carbons (Fsp3) is 0.938. The summed E-state index contributed by atoms with van der Waals surface area (Å²) in [6.07, 6.45) is 11.1. The zero-order chi connectivity index (χ0) is 14.0. The Morgan fingerprint density at radius 2 is 1.63 bits per heavy atom. The molecule has 0 saturated carbocycles. The molecular weight excluding hydrogens is 238 g/mol. The number of ketones is 1. The van der Waals surface area contributed by atoms with Crippen LogP contribution >= 0.6 is 0 Å². The lowest BCUT2D eigenvalue weighted by Gasteiger charge is -2.34. The lowest BCUT2D eigenvalue weighted by Crippen LogP contribution is -2.43. The third kappa shape index (κ3) is 5.62. The Kier molecular flexibility index (Phi) is 8.31. The van der Waals surface area contributed by atoms with Crippen molar-refractivity contribution in [1.29, 1.82) is 0 Å². The van der Waals surface area contributed by atoms with Crippen molar-refractivity contribution in [3.8, 4) is 0 Å². The second-order valence-electron chi connectivity index (χ2n) is 5.89. The topological polar surface area (TPSA) is 52.3 Å². The Hall–Kier alpha value is -0.410. The van der Waals surface area contributed by atoms with E-state index in [2.05, 4.69) is 6.92 Å². The number of nitrogens with two attached hydrogens (primary N) is 1. The Morgan fingerprint density at radius 3 is 2.21 bits per heavy atom. The first kappa shape index (κ1) is 16.6. The zero-order valence-corrected chi connectivity index (χ0v) is 12.6. The number of ether oxygens (including phenoxy) is 1. The summed E-state index contributed by atoms with van der Waals surface area (Å²) in [7, 11) is 0. The molecule has 3 nitrogen and oxygen atoms in total. The van der Waals surface area contributed by atoms with E-state index in [-0.39, 0.29) is 5.41 Å². The van der Waals surface area contributed by atoms with Gasteiger partial charge in [0.1, 0.15) is 5.78 Å². The van der Waals surface area contributed by atoms with Gasteiger partial charge in [0, 0.05) is 31.6 Å². The number of hydrogen-bond donors (Lipinski definition) is 1. The van der Waals surface area contributed by atoms with Crippen LogP contribution in [0.25, 0.3) is 0 Å². The molecular formula is C16H31NO2. The molecule has 0 atom stereocenters. The maximum absolute atomic E-state index is 12.4. The van der Waals surface area contributed by atoms with E-state index in [4.69, 9.17) is 10.5 Å².